The number of benzene rings is 1. The van der Waals surface area contributed by atoms with Crippen molar-refractivity contribution in [3.05, 3.63) is 29.8 Å². The molecule has 2 N–H and O–H groups in total. The Morgan fingerprint density at radius 1 is 1.42 bits per heavy atom. The molecule has 1 saturated carbocycles. The number of nitrogens with two attached hydrogens (primary N) is 1. The largest absolute Gasteiger partial charge is 0.399 e. The highest BCUT2D eigenvalue weighted by molar-refractivity contribution is 5.40. The number of nitrogens with zero attached hydrogens (tertiary/aromatic N) is 2. The summed E-state index contributed by atoms with van der Waals surface area (Å²) >= 11 is 0. The van der Waals surface area contributed by atoms with E-state index in [4.69, 9.17) is 11.0 Å². The van der Waals surface area contributed by atoms with Crippen molar-refractivity contribution < 1.29 is 0 Å². The lowest BCUT2D eigenvalue weighted by Crippen LogP contribution is -2.35. The molecule has 0 radical (unpaired) electrons. The molecule has 1 fully saturated rings. The first-order valence-corrected chi connectivity index (χ1v) is 7.00. The standard InChI is InChI=1S/C16H23N3/c1-13(2)19(12-16(6-7-16)8-9-17)11-14-4-3-5-15(18)10-14/h3-5,10,13H,6-8,11-12,18H2,1-2H3. The van der Waals surface area contributed by atoms with E-state index in [1.54, 1.807) is 0 Å². The first kappa shape index (κ1) is 13.9. The molecule has 2 rings (SSSR count). The minimum Gasteiger partial charge on any atom is -0.399 e. The summed E-state index contributed by atoms with van der Waals surface area (Å²) < 4.78 is 0. The molecule has 19 heavy (non-hydrogen) atoms. The van der Waals surface area contributed by atoms with Gasteiger partial charge in [-0.15, -0.1) is 0 Å². The van der Waals surface area contributed by atoms with Crippen LogP contribution in [0.25, 0.3) is 0 Å². The summed E-state index contributed by atoms with van der Waals surface area (Å²) in [5.74, 6) is 0. The zero-order valence-electron chi connectivity index (χ0n) is 11.9. The topological polar surface area (TPSA) is 53.0 Å². The molecule has 1 aromatic carbocycles. The van der Waals surface area contributed by atoms with Crippen molar-refractivity contribution >= 4 is 5.69 Å². The van der Waals surface area contributed by atoms with E-state index in [-0.39, 0.29) is 5.41 Å². The van der Waals surface area contributed by atoms with Gasteiger partial charge in [-0.2, -0.15) is 5.26 Å². The number of anilines is 1. The quantitative estimate of drug-likeness (QED) is 0.796. The van der Waals surface area contributed by atoms with Gasteiger partial charge in [0.2, 0.25) is 0 Å². The lowest BCUT2D eigenvalue weighted by Gasteiger charge is -2.30. The summed E-state index contributed by atoms with van der Waals surface area (Å²) in [6.45, 7) is 6.37. The summed E-state index contributed by atoms with van der Waals surface area (Å²) in [5, 5.41) is 8.93. The second kappa shape index (κ2) is 5.63. The lowest BCUT2D eigenvalue weighted by atomic mass is 10.0. The van der Waals surface area contributed by atoms with Crippen LogP contribution in [-0.2, 0) is 6.54 Å². The van der Waals surface area contributed by atoms with E-state index in [1.807, 2.05) is 18.2 Å². The SMILES string of the molecule is CC(C)N(Cc1cccc(N)c1)CC1(CC#N)CC1. The minimum atomic E-state index is 0.263. The number of nitrogen functional groups attached to an aromatic ring is 1. The highest BCUT2D eigenvalue weighted by Gasteiger charge is 2.43. The Morgan fingerprint density at radius 3 is 2.68 bits per heavy atom. The highest BCUT2D eigenvalue weighted by Crippen LogP contribution is 2.49. The Morgan fingerprint density at radius 2 is 2.16 bits per heavy atom. The van der Waals surface area contributed by atoms with Gasteiger partial charge in [0.25, 0.3) is 0 Å². The molecule has 1 aliphatic carbocycles. The van der Waals surface area contributed by atoms with Crippen LogP contribution >= 0.6 is 0 Å². The van der Waals surface area contributed by atoms with Crippen LogP contribution in [0, 0.1) is 16.7 Å². The van der Waals surface area contributed by atoms with Crippen LogP contribution < -0.4 is 5.73 Å². The fourth-order valence-corrected chi connectivity index (χ4v) is 2.51. The second-order valence-electron chi connectivity index (χ2n) is 6.08. The van der Waals surface area contributed by atoms with E-state index in [9.17, 15) is 0 Å². The molecule has 0 amide bonds. The molecule has 0 bridgehead atoms. The molecule has 0 heterocycles. The van der Waals surface area contributed by atoms with E-state index in [1.165, 1.54) is 18.4 Å². The lowest BCUT2D eigenvalue weighted by molar-refractivity contribution is 0.170. The summed E-state index contributed by atoms with van der Waals surface area (Å²) in [6, 6.07) is 10.9. The van der Waals surface area contributed by atoms with Crippen LogP contribution in [0.2, 0.25) is 0 Å². The van der Waals surface area contributed by atoms with Gasteiger partial charge in [0.1, 0.15) is 0 Å². The van der Waals surface area contributed by atoms with Crippen LogP contribution in [0.1, 0.15) is 38.7 Å². The van der Waals surface area contributed by atoms with Crippen LogP contribution in [0.15, 0.2) is 24.3 Å². The maximum atomic E-state index is 8.93. The van der Waals surface area contributed by atoms with Crippen LogP contribution in [0.3, 0.4) is 0 Å². The zero-order chi connectivity index (χ0) is 13.9. The van der Waals surface area contributed by atoms with E-state index < -0.39 is 0 Å². The number of rotatable bonds is 6. The number of hydrogen-bond acceptors (Lipinski definition) is 3. The molecular formula is C16H23N3. The van der Waals surface area contributed by atoms with E-state index in [2.05, 4.69) is 30.9 Å². The third-order valence-electron chi connectivity index (χ3n) is 4.02. The molecule has 3 nitrogen and oxygen atoms in total. The van der Waals surface area contributed by atoms with Crippen LogP contribution in [-0.4, -0.2) is 17.5 Å². The molecule has 1 aliphatic rings. The molecule has 0 saturated heterocycles. The molecule has 3 heteroatoms. The van der Waals surface area contributed by atoms with E-state index >= 15 is 0 Å². The monoisotopic (exact) mass is 257 g/mol. The van der Waals surface area contributed by atoms with Crippen molar-refractivity contribution in [2.24, 2.45) is 5.41 Å². The highest BCUT2D eigenvalue weighted by atomic mass is 15.2. The molecule has 0 atom stereocenters. The molecule has 0 aliphatic heterocycles. The van der Waals surface area contributed by atoms with Crippen molar-refractivity contribution in [3.63, 3.8) is 0 Å². The van der Waals surface area contributed by atoms with Crippen molar-refractivity contribution in [2.45, 2.75) is 45.7 Å². The fourth-order valence-electron chi connectivity index (χ4n) is 2.51. The molecule has 0 spiro atoms. The maximum Gasteiger partial charge on any atom is 0.0628 e. The molecule has 1 aromatic rings. The van der Waals surface area contributed by atoms with Gasteiger partial charge in [0.05, 0.1) is 6.07 Å². The average Bonchev–Trinajstić information content (AvgIpc) is 3.08. The van der Waals surface area contributed by atoms with Gasteiger partial charge >= 0.3 is 0 Å². The Labute approximate surface area is 116 Å². The Bertz CT molecular complexity index is 469. The Balaban J connectivity index is 2.03. The Hall–Kier alpha value is -1.53. The van der Waals surface area contributed by atoms with Crippen LogP contribution in [0.4, 0.5) is 5.69 Å². The first-order chi connectivity index (χ1) is 9.04. The van der Waals surface area contributed by atoms with Gasteiger partial charge in [-0.3, -0.25) is 4.90 Å². The first-order valence-electron chi connectivity index (χ1n) is 7.00. The maximum absolute atomic E-state index is 8.93. The average molecular weight is 257 g/mol. The van der Waals surface area contributed by atoms with Gasteiger partial charge in [-0.25, -0.2) is 0 Å². The van der Waals surface area contributed by atoms with Gasteiger partial charge in [0.15, 0.2) is 0 Å². The van der Waals surface area contributed by atoms with Crippen LogP contribution in [0.5, 0.6) is 0 Å². The van der Waals surface area contributed by atoms with Gasteiger partial charge < -0.3 is 5.73 Å². The normalized spacial score (nSPS) is 16.6. The number of nitriles is 1. The van der Waals surface area contributed by atoms with Gasteiger partial charge in [0, 0.05) is 31.2 Å². The second-order valence-corrected chi connectivity index (χ2v) is 6.08. The summed E-state index contributed by atoms with van der Waals surface area (Å²) in [7, 11) is 0. The van der Waals surface area contributed by atoms with Crippen molar-refractivity contribution in [3.8, 4) is 6.07 Å². The molecule has 0 aromatic heterocycles. The van der Waals surface area contributed by atoms with E-state index in [0.29, 0.717) is 12.5 Å². The van der Waals surface area contributed by atoms with Gasteiger partial charge in [-0.1, -0.05) is 12.1 Å². The third kappa shape index (κ3) is 3.71. The molecular weight excluding hydrogens is 234 g/mol. The molecule has 102 valence electrons. The van der Waals surface area contributed by atoms with Gasteiger partial charge in [-0.05, 0) is 49.8 Å². The van der Waals surface area contributed by atoms with E-state index in [0.717, 1.165) is 18.8 Å². The predicted molar refractivity (Wildman–Crippen MR) is 78.3 cm³/mol. The Kier molecular flexibility index (Phi) is 4.11. The summed E-state index contributed by atoms with van der Waals surface area (Å²) in [6.07, 6.45) is 3.08. The summed E-state index contributed by atoms with van der Waals surface area (Å²) in [5.41, 5.74) is 8.17. The van der Waals surface area contributed by atoms with Crippen molar-refractivity contribution in [2.75, 3.05) is 12.3 Å². The number of hydrogen-bond donors (Lipinski definition) is 1. The third-order valence-corrected chi connectivity index (χ3v) is 4.02. The summed E-state index contributed by atoms with van der Waals surface area (Å²) in [4.78, 5) is 2.46. The fraction of sp³-hybridized carbons (Fsp3) is 0.562. The van der Waals surface area contributed by atoms with Crippen molar-refractivity contribution in [1.29, 1.82) is 5.26 Å². The predicted octanol–water partition coefficient (Wildman–Crippen LogP) is 3.17. The molecule has 0 unspecified atom stereocenters. The smallest absolute Gasteiger partial charge is 0.0628 e. The van der Waals surface area contributed by atoms with Crippen molar-refractivity contribution in [1.82, 2.24) is 4.90 Å². The zero-order valence-corrected chi connectivity index (χ0v) is 11.9. The minimum absolute atomic E-state index is 0.263.